The van der Waals surface area contributed by atoms with Crippen LogP contribution in [0.3, 0.4) is 0 Å². The molecule has 6 nitrogen and oxygen atoms in total. The Morgan fingerprint density at radius 2 is 2.10 bits per heavy atom. The highest BCUT2D eigenvalue weighted by Crippen LogP contribution is 2.15. The molecule has 1 aromatic carbocycles. The van der Waals surface area contributed by atoms with Crippen molar-refractivity contribution < 1.29 is 19.4 Å². The second-order valence-electron chi connectivity index (χ2n) is 4.28. The molecule has 2 rings (SSSR count). The fourth-order valence-electron chi connectivity index (χ4n) is 1.82. The molecule has 6 heteroatoms. The third kappa shape index (κ3) is 3.79. The van der Waals surface area contributed by atoms with Gasteiger partial charge in [0, 0.05) is 6.20 Å². The normalized spacial score (nSPS) is 9.95. The summed E-state index contributed by atoms with van der Waals surface area (Å²) in [6, 6.07) is 9.99. The first-order valence-corrected chi connectivity index (χ1v) is 6.21. The number of benzene rings is 1. The standard InChI is InChI=1S/C15H14N2O4/c1-21-11-5-2-4-10(8-11)9-13(18)17-14-12(15(19)20)6-3-7-16-14/h2-8H,9H2,1H3,(H,19,20)(H,16,17,18). The number of nitrogens with zero attached hydrogens (tertiary/aromatic N) is 1. The van der Waals surface area contributed by atoms with E-state index in [2.05, 4.69) is 10.3 Å². The number of carboxylic acids is 1. The molecular weight excluding hydrogens is 272 g/mol. The molecule has 0 unspecified atom stereocenters. The molecule has 0 aliphatic heterocycles. The summed E-state index contributed by atoms with van der Waals surface area (Å²) in [6.45, 7) is 0. The van der Waals surface area contributed by atoms with Crippen molar-refractivity contribution in [3.63, 3.8) is 0 Å². The molecule has 1 aromatic heterocycles. The molecule has 21 heavy (non-hydrogen) atoms. The zero-order valence-corrected chi connectivity index (χ0v) is 11.4. The number of nitrogens with one attached hydrogen (secondary N) is 1. The van der Waals surface area contributed by atoms with Crippen LogP contribution in [0.4, 0.5) is 5.82 Å². The van der Waals surface area contributed by atoms with Gasteiger partial charge in [0.15, 0.2) is 0 Å². The lowest BCUT2D eigenvalue weighted by Crippen LogP contribution is -2.17. The van der Waals surface area contributed by atoms with Crippen LogP contribution in [0.15, 0.2) is 42.6 Å². The Hall–Kier alpha value is -2.89. The van der Waals surface area contributed by atoms with E-state index in [0.29, 0.717) is 5.75 Å². The molecule has 2 N–H and O–H groups in total. The maximum absolute atomic E-state index is 12.0. The first-order chi connectivity index (χ1) is 10.1. The molecule has 0 fully saturated rings. The Morgan fingerprint density at radius 3 is 2.81 bits per heavy atom. The van der Waals surface area contributed by atoms with Gasteiger partial charge in [-0.3, -0.25) is 4.79 Å². The van der Waals surface area contributed by atoms with Gasteiger partial charge in [-0.2, -0.15) is 0 Å². The summed E-state index contributed by atoms with van der Waals surface area (Å²) < 4.78 is 5.08. The van der Waals surface area contributed by atoms with Crippen molar-refractivity contribution in [3.05, 3.63) is 53.7 Å². The van der Waals surface area contributed by atoms with Crippen molar-refractivity contribution in [2.24, 2.45) is 0 Å². The molecule has 0 bridgehead atoms. The number of hydrogen-bond donors (Lipinski definition) is 2. The summed E-state index contributed by atoms with van der Waals surface area (Å²) in [5.41, 5.74) is 0.719. The highest BCUT2D eigenvalue weighted by atomic mass is 16.5. The predicted octanol–water partition coefficient (Wildman–Crippen LogP) is 1.97. The molecule has 0 saturated heterocycles. The van der Waals surface area contributed by atoms with Crippen LogP contribution < -0.4 is 10.1 Å². The van der Waals surface area contributed by atoms with Crippen molar-refractivity contribution in [1.29, 1.82) is 0 Å². The third-order valence-electron chi connectivity index (χ3n) is 2.79. The summed E-state index contributed by atoms with van der Waals surface area (Å²) >= 11 is 0. The van der Waals surface area contributed by atoms with E-state index >= 15 is 0 Å². The lowest BCUT2D eigenvalue weighted by molar-refractivity contribution is -0.115. The van der Waals surface area contributed by atoms with Crippen molar-refractivity contribution >= 4 is 17.7 Å². The second kappa shape index (κ2) is 6.51. The van der Waals surface area contributed by atoms with E-state index in [1.807, 2.05) is 0 Å². The molecule has 0 atom stereocenters. The van der Waals surface area contributed by atoms with Gasteiger partial charge in [-0.1, -0.05) is 12.1 Å². The number of ether oxygens (including phenoxy) is 1. The van der Waals surface area contributed by atoms with E-state index < -0.39 is 5.97 Å². The van der Waals surface area contributed by atoms with Gasteiger partial charge in [0.25, 0.3) is 0 Å². The molecule has 0 spiro atoms. The molecule has 2 aromatic rings. The van der Waals surface area contributed by atoms with Gasteiger partial charge in [-0.05, 0) is 29.8 Å². The highest BCUT2D eigenvalue weighted by molar-refractivity contribution is 5.99. The van der Waals surface area contributed by atoms with Crippen LogP contribution in [-0.4, -0.2) is 29.1 Å². The van der Waals surface area contributed by atoms with Crippen molar-refractivity contribution in [1.82, 2.24) is 4.98 Å². The number of methoxy groups -OCH3 is 1. The lowest BCUT2D eigenvalue weighted by atomic mass is 10.1. The minimum atomic E-state index is -1.14. The number of pyridine rings is 1. The van der Waals surface area contributed by atoms with E-state index in [4.69, 9.17) is 9.84 Å². The zero-order chi connectivity index (χ0) is 15.2. The molecule has 0 aliphatic carbocycles. The predicted molar refractivity (Wildman–Crippen MR) is 76.5 cm³/mol. The van der Waals surface area contributed by atoms with Crippen LogP contribution >= 0.6 is 0 Å². The maximum atomic E-state index is 12.0. The topological polar surface area (TPSA) is 88.5 Å². The average molecular weight is 286 g/mol. The van der Waals surface area contributed by atoms with E-state index in [-0.39, 0.29) is 23.7 Å². The zero-order valence-electron chi connectivity index (χ0n) is 11.4. The van der Waals surface area contributed by atoms with Crippen LogP contribution in [0.2, 0.25) is 0 Å². The second-order valence-corrected chi connectivity index (χ2v) is 4.28. The van der Waals surface area contributed by atoms with Crippen LogP contribution in [0.1, 0.15) is 15.9 Å². The van der Waals surface area contributed by atoms with Gasteiger partial charge in [0.2, 0.25) is 5.91 Å². The Bertz CT molecular complexity index is 670. The van der Waals surface area contributed by atoms with Crippen LogP contribution in [-0.2, 0) is 11.2 Å². The first kappa shape index (κ1) is 14.5. The van der Waals surface area contributed by atoms with E-state index in [0.717, 1.165) is 5.56 Å². The van der Waals surface area contributed by atoms with Crippen molar-refractivity contribution in [3.8, 4) is 5.75 Å². The van der Waals surface area contributed by atoms with Crippen LogP contribution in [0, 0.1) is 0 Å². The largest absolute Gasteiger partial charge is 0.497 e. The van der Waals surface area contributed by atoms with E-state index in [9.17, 15) is 9.59 Å². The summed E-state index contributed by atoms with van der Waals surface area (Å²) in [4.78, 5) is 26.9. The number of aromatic carboxylic acids is 1. The number of amides is 1. The molecule has 0 aliphatic rings. The molecule has 0 radical (unpaired) electrons. The van der Waals surface area contributed by atoms with E-state index in [1.54, 1.807) is 31.4 Å². The van der Waals surface area contributed by atoms with Gasteiger partial charge >= 0.3 is 5.97 Å². The Labute approximate surface area is 121 Å². The summed E-state index contributed by atoms with van der Waals surface area (Å²) in [7, 11) is 1.55. The molecular formula is C15H14N2O4. The fourth-order valence-corrected chi connectivity index (χ4v) is 1.82. The van der Waals surface area contributed by atoms with Gasteiger partial charge in [0.1, 0.15) is 17.1 Å². The first-order valence-electron chi connectivity index (χ1n) is 6.21. The van der Waals surface area contributed by atoms with Crippen molar-refractivity contribution in [2.45, 2.75) is 6.42 Å². The number of hydrogen-bond acceptors (Lipinski definition) is 4. The number of carbonyl (C=O) groups excluding carboxylic acids is 1. The van der Waals surface area contributed by atoms with Gasteiger partial charge < -0.3 is 15.2 Å². The SMILES string of the molecule is COc1cccc(CC(=O)Nc2ncccc2C(=O)O)c1. The van der Waals surface area contributed by atoms with Gasteiger partial charge in [-0.15, -0.1) is 0 Å². The smallest absolute Gasteiger partial charge is 0.339 e. The number of aromatic nitrogens is 1. The fraction of sp³-hybridized carbons (Fsp3) is 0.133. The average Bonchev–Trinajstić information content (AvgIpc) is 2.47. The van der Waals surface area contributed by atoms with E-state index in [1.165, 1.54) is 18.3 Å². The van der Waals surface area contributed by atoms with Crippen molar-refractivity contribution in [2.75, 3.05) is 12.4 Å². The summed E-state index contributed by atoms with van der Waals surface area (Å²) in [5.74, 6) is -0.786. The van der Waals surface area contributed by atoms with Crippen LogP contribution in [0.5, 0.6) is 5.75 Å². The molecule has 1 heterocycles. The number of carbonyl (C=O) groups is 2. The third-order valence-corrected chi connectivity index (χ3v) is 2.79. The van der Waals surface area contributed by atoms with Crippen LogP contribution in [0.25, 0.3) is 0 Å². The molecule has 1 amide bonds. The molecule has 108 valence electrons. The minimum Gasteiger partial charge on any atom is -0.497 e. The Kier molecular flexibility index (Phi) is 4.50. The number of anilines is 1. The quantitative estimate of drug-likeness (QED) is 0.877. The molecule has 0 saturated carbocycles. The monoisotopic (exact) mass is 286 g/mol. The Morgan fingerprint density at radius 1 is 1.29 bits per heavy atom. The van der Waals surface area contributed by atoms with Gasteiger partial charge in [-0.25, -0.2) is 9.78 Å². The lowest BCUT2D eigenvalue weighted by Gasteiger charge is -2.08. The minimum absolute atomic E-state index is 0.0397. The number of carboxylic acid groups (broad SMARTS) is 1. The highest BCUT2D eigenvalue weighted by Gasteiger charge is 2.13. The number of rotatable bonds is 5. The summed E-state index contributed by atoms with van der Waals surface area (Å²) in [5, 5.41) is 11.5. The van der Waals surface area contributed by atoms with Gasteiger partial charge in [0.05, 0.1) is 13.5 Å². The Balaban J connectivity index is 2.10. The summed E-state index contributed by atoms with van der Waals surface area (Å²) in [6.07, 6.45) is 1.53. The maximum Gasteiger partial charge on any atom is 0.339 e.